The minimum atomic E-state index is 0.0635. The zero-order valence-corrected chi connectivity index (χ0v) is 11.9. The van der Waals surface area contributed by atoms with E-state index in [4.69, 9.17) is 4.74 Å². The van der Waals surface area contributed by atoms with Crippen molar-refractivity contribution in [1.29, 1.82) is 0 Å². The van der Waals surface area contributed by atoms with Crippen LogP contribution in [0.4, 0.5) is 0 Å². The van der Waals surface area contributed by atoms with Gasteiger partial charge in [-0.1, -0.05) is 6.92 Å². The monoisotopic (exact) mass is 267 g/mol. The van der Waals surface area contributed by atoms with E-state index in [1.54, 1.807) is 0 Å². The molecule has 1 aliphatic rings. The van der Waals surface area contributed by atoms with Crippen LogP contribution in [0.3, 0.4) is 0 Å². The number of hydrogen-bond acceptors (Lipinski definition) is 5. The van der Waals surface area contributed by atoms with Crippen LogP contribution in [-0.4, -0.2) is 34.6 Å². The Morgan fingerprint density at radius 1 is 1.50 bits per heavy atom. The van der Waals surface area contributed by atoms with Crippen LogP contribution in [0, 0.1) is 6.92 Å². The second kappa shape index (κ2) is 7.07. The molecular formula is C13H21N3OS. The summed E-state index contributed by atoms with van der Waals surface area (Å²) in [6.45, 7) is 6.81. The van der Waals surface area contributed by atoms with E-state index in [1.807, 2.05) is 24.8 Å². The molecule has 0 spiro atoms. The topological polar surface area (TPSA) is 47.0 Å². The number of nitrogens with zero attached hydrogens (tertiary/aromatic N) is 2. The highest BCUT2D eigenvalue weighted by Gasteiger charge is 2.19. The molecule has 1 unspecified atom stereocenters. The normalized spacial score (nSPS) is 20.0. The van der Waals surface area contributed by atoms with E-state index in [0.717, 1.165) is 54.8 Å². The molecule has 1 N–H and O–H groups in total. The molecule has 1 aliphatic heterocycles. The maximum Gasteiger partial charge on any atom is 0.158 e. The van der Waals surface area contributed by atoms with Gasteiger partial charge in [0.2, 0.25) is 0 Å². The first-order valence-electron chi connectivity index (χ1n) is 6.54. The first-order valence-corrected chi connectivity index (χ1v) is 7.69. The molecule has 0 saturated carbocycles. The summed E-state index contributed by atoms with van der Waals surface area (Å²) in [7, 11) is 0. The lowest BCUT2D eigenvalue weighted by atomic mass is 10.3. The fraction of sp³-hybridized carbons (Fsp3) is 0.692. The Morgan fingerprint density at radius 2 is 2.39 bits per heavy atom. The number of nitrogens with one attached hydrogen (secondary N) is 1. The smallest absolute Gasteiger partial charge is 0.158 e. The van der Waals surface area contributed by atoms with Gasteiger partial charge in [-0.3, -0.25) is 0 Å². The third-order valence-corrected chi connectivity index (χ3v) is 3.76. The number of aryl methyl sites for hydroxylation is 1. The summed E-state index contributed by atoms with van der Waals surface area (Å²) in [5.41, 5.74) is 2.08. The third kappa shape index (κ3) is 3.93. The van der Waals surface area contributed by atoms with Gasteiger partial charge in [-0.2, -0.15) is 11.8 Å². The highest BCUT2D eigenvalue weighted by Crippen LogP contribution is 2.24. The molecule has 2 rings (SSSR count). The van der Waals surface area contributed by atoms with Crippen LogP contribution >= 0.6 is 11.8 Å². The van der Waals surface area contributed by atoms with Crippen LogP contribution in [0.25, 0.3) is 0 Å². The third-order valence-electron chi connectivity index (χ3n) is 2.76. The summed E-state index contributed by atoms with van der Waals surface area (Å²) in [6, 6.07) is 2.04. The van der Waals surface area contributed by atoms with Gasteiger partial charge in [0, 0.05) is 23.7 Å². The van der Waals surface area contributed by atoms with Crippen molar-refractivity contribution in [3.8, 4) is 0 Å². The molecule has 1 saturated heterocycles. The number of rotatable bonds is 5. The van der Waals surface area contributed by atoms with E-state index < -0.39 is 0 Å². The Kier molecular flexibility index (Phi) is 5.41. The van der Waals surface area contributed by atoms with Gasteiger partial charge in [0.1, 0.15) is 6.10 Å². The fourth-order valence-electron chi connectivity index (χ4n) is 1.92. The Morgan fingerprint density at radius 3 is 3.11 bits per heavy atom. The fourth-order valence-corrected chi connectivity index (χ4v) is 2.76. The van der Waals surface area contributed by atoms with E-state index in [9.17, 15) is 0 Å². The van der Waals surface area contributed by atoms with E-state index in [2.05, 4.69) is 22.2 Å². The predicted octanol–water partition coefficient (Wildman–Crippen LogP) is 2.09. The maximum atomic E-state index is 5.73. The molecule has 1 fully saturated rings. The van der Waals surface area contributed by atoms with Crippen molar-refractivity contribution in [2.45, 2.75) is 32.9 Å². The van der Waals surface area contributed by atoms with Gasteiger partial charge >= 0.3 is 0 Å². The van der Waals surface area contributed by atoms with Crippen molar-refractivity contribution in [2.24, 2.45) is 0 Å². The lowest BCUT2D eigenvalue weighted by molar-refractivity contribution is 0.0691. The number of thioether (sulfide) groups is 1. The van der Waals surface area contributed by atoms with Crippen molar-refractivity contribution in [1.82, 2.24) is 15.3 Å². The van der Waals surface area contributed by atoms with E-state index in [1.165, 1.54) is 0 Å². The molecule has 100 valence electrons. The zero-order valence-electron chi connectivity index (χ0n) is 11.1. The molecule has 4 nitrogen and oxygen atoms in total. The van der Waals surface area contributed by atoms with Gasteiger partial charge in [-0.05, 0) is 26.0 Å². The maximum absolute atomic E-state index is 5.73. The summed E-state index contributed by atoms with van der Waals surface area (Å²) in [5.74, 6) is 2.88. The lowest BCUT2D eigenvalue weighted by Crippen LogP contribution is -2.21. The predicted molar refractivity (Wildman–Crippen MR) is 74.8 cm³/mol. The van der Waals surface area contributed by atoms with Crippen LogP contribution in [0.1, 0.15) is 36.7 Å². The molecule has 1 atom stereocenters. The number of aromatic nitrogens is 2. The summed E-state index contributed by atoms with van der Waals surface area (Å²) in [5, 5.41) is 3.37. The molecule has 0 aliphatic carbocycles. The summed E-state index contributed by atoms with van der Waals surface area (Å²) in [4.78, 5) is 9.13. The molecular weight excluding hydrogens is 246 g/mol. The average Bonchev–Trinajstić information content (AvgIpc) is 2.39. The van der Waals surface area contributed by atoms with Crippen molar-refractivity contribution < 1.29 is 4.74 Å². The van der Waals surface area contributed by atoms with Gasteiger partial charge in [-0.25, -0.2) is 9.97 Å². The molecule has 0 radical (unpaired) electrons. The van der Waals surface area contributed by atoms with Gasteiger partial charge < -0.3 is 10.1 Å². The van der Waals surface area contributed by atoms with Crippen LogP contribution in [0.15, 0.2) is 6.07 Å². The van der Waals surface area contributed by atoms with Crippen LogP contribution in [0.5, 0.6) is 0 Å². The molecule has 0 aromatic carbocycles. The van der Waals surface area contributed by atoms with Gasteiger partial charge in [-0.15, -0.1) is 0 Å². The number of ether oxygens (including phenoxy) is 1. The van der Waals surface area contributed by atoms with Gasteiger partial charge in [0.05, 0.1) is 12.3 Å². The number of hydrogen-bond donors (Lipinski definition) is 1. The van der Waals surface area contributed by atoms with Crippen molar-refractivity contribution in [3.63, 3.8) is 0 Å². The average molecular weight is 267 g/mol. The zero-order chi connectivity index (χ0) is 12.8. The first kappa shape index (κ1) is 13.8. The molecule has 2 heterocycles. The summed E-state index contributed by atoms with van der Waals surface area (Å²) in [6.07, 6.45) is 1.20. The van der Waals surface area contributed by atoms with Crippen LogP contribution in [-0.2, 0) is 11.3 Å². The van der Waals surface area contributed by atoms with E-state index >= 15 is 0 Å². The highest BCUT2D eigenvalue weighted by molar-refractivity contribution is 7.99. The Balaban J connectivity index is 2.05. The second-order valence-corrected chi connectivity index (χ2v) is 5.62. The largest absolute Gasteiger partial charge is 0.368 e. The van der Waals surface area contributed by atoms with E-state index in [-0.39, 0.29) is 6.10 Å². The Hall–Kier alpha value is -0.650. The molecule has 5 heteroatoms. The quantitative estimate of drug-likeness (QED) is 0.828. The molecule has 0 bridgehead atoms. The SMILES string of the molecule is CCCNCc1cc(C)nc(C2CSCCO2)n1. The van der Waals surface area contributed by atoms with Gasteiger partial charge in [0.15, 0.2) is 5.82 Å². The van der Waals surface area contributed by atoms with Crippen molar-refractivity contribution in [2.75, 3.05) is 24.7 Å². The summed E-state index contributed by atoms with van der Waals surface area (Å²) >= 11 is 1.91. The molecule has 1 aromatic rings. The minimum Gasteiger partial charge on any atom is -0.368 e. The highest BCUT2D eigenvalue weighted by atomic mass is 32.2. The summed E-state index contributed by atoms with van der Waals surface area (Å²) < 4.78 is 5.73. The molecule has 0 amide bonds. The molecule has 18 heavy (non-hydrogen) atoms. The first-order chi connectivity index (χ1) is 8.79. The standard InChI is InChI=1S/C13H21N3OS/c1-3-4-14-8-11-7-10(2)15-13(16-11)12-9-18-6-5-17-12/h7,12,14H,3-6,8-9H2,1-2H3. The molecule has 1 aromatic heterocycles. The van der Waals surface area contributed by atoms with Crippen molar-refractivity contribution >= 4 is 11.8 Å². The van der Waals surface area contributed by atoms with Crippen LogP contribution < -0.4 is 5.32 Å². The Bertz CT molecular complexity index is 380. The second-order valence-electron chi connectivity index (χ2n) is 4.47. The Labute approximate surface area is 113 Å². The van der Waals surface area contributed by atoms with Crippen molar-refractivity contribution in [3.05, 3.63) is 23.3 Å². The lowest BCUT2D eigenvalue weighted by Gasteiger charge is -2.21. The van der Waals surface area contributed by atoms with Crippen LogP contribution in [0.2, 0.25) is 0 Å². The van der Waals surface area contributed by atoms with E-state index in [0.29, 0.717) is 0 Å². The minimum absolute atomic E-state index is 0.0635. The van der Waals surface area contributed by atoms with Gasteiger partial charge in [0.25, 0.3) is 0 Å².